The number of nitrogens with zero attached hydrogens (tertiary/aromatic N) is 4. The summed E-state index contributed by atoms with van der Waals surface area (Å²) in [6, 6.07) is 6.75. The van der Waals surface area contributed by atoms with E-state index in [1.807, 2.05) is 0 Å². The molecule has 2 fully saturated rings. The molecule has 1 aliphatic carbocycles. The zero-order valence-electron chi connectivity index (χ0n) is 15.2. The average molecular weight is 384 g/mol. The molecule has 9 heteroatoms. The molecule has 0 N–H and O–H groups in total. The fourth-order valence-corrected chi connectivity index (χ4v) is 3.97. The number of esters is 1. The van der Waals surface area contributed by atoms with Crippen LogP contribution in [0.3, 0.4) is 0 Å². The van der Waals surface area contributed by atoms with Crippen molar-refractivity contribution in [3.05, 3.63) is 34.6 Å². The lowest BCUT2D eigenvalue weighted by molar-refractivity contribution is -0.149. The van der Waals surface area contributed by atoms with Gasteiger partial charge >= 0.3 is 5.97 Å². The maximum atomic E-state index is 12.4. The molecule has 2 heterocycles. The highest BCUT2D eigenvalue weighted by molar-refractivity contribution is 6.05. The summed E-state index contributed by atoms with van der Waals surface area (Å²) >= 11 is 0. The molecule has 2 amide bonds. The van der Waals surface area contributed by atoms with Crippen molar-refractivity contribution in [2.45, 2.75) is 38.8 Å². The lowest BCUT2D eigenvalue weighted by Gasteiger charge is -2.19. The van der Waals surface area contributed by atoms with Gasteiger partial charge in [-0.1, -0.05) is 30.2 Å². The highest BCUT2D eigenvalue weighted by Crippen LogP contribution is 2.37. The van der Waals surface area contributed by atoms with Crippen molar-refractivity contribution < 1.29 is 19.1 Å². The number of likely N-dealkylation sites (tertiary alicyclic amines) is 1. The first-order valence-electron chi connectivity index (χ1n) is 9.39. The predicted molar refractivity (Wildman–Crippen MR) is 96.7 cm³/mol. The third-order valence-electron chi connectivity index (χ3n) is 5.45. The summed E-state index contributed by atoms with van der Waals surface area (Å²) in [5.74, 6) is -1.44. The zero-order valence-corrected chi connectivity index (χ0v) is 15.2. The van der Waals surface area contributed by atoms with E-state index < -0.39 is 11.5 Å². The summed E-state index contributed by atoms with van der Waals surface area (Å²) in [7, 11) is 0. The molecule has 1 saturated heterocycles. The molecule has 1 saturated carbocycles. The molecular formula is C19H20N4O5. The van der Waals surface area contributed by atoms with Crippen LogP contribution in [-0.4, -0.2) is 44.2 Å². The fourth-order valence-electron chi connectivity index (χ4n) is 3.97. The van der Waals surface area contributed by atoms with Gasteiger partial charge < -0.3 is 4.74 Å². The fraction of sp³-hybridized carbons (Fsp3) is 0.474. The Morgan fingerprint density at radius 2 is 1.75 bits per heavy atom. The third-order valence-corrected chi connectivity index (χ3v) is 5.45. The second-order valence-electron chi connectivity index (χ2n) is 7.13. The zero-order chi connectivity index (χ0) is 19.7. The smallest absolute Gasteiger partial charge is 0.309 e. The van der Waals surface area contributed by atoms with Gasteiger partial charge in [0.2, 0.25) is 11.8 Å². The highest BCUT2D eigenvalue weighted by Gasteiger charge is 2.47. The van der Waals surface area contributed by atoms with E-state index in [0.717, 1.165) is 30.4 Å². The van der Waals surface area contributed by atoms with E-state index >= 15 is 0 Å². The van der Waals surface area contributed by atoms with Gasteiger partial charge in [0, 0.05) is 6.54 Å². The average Bonchev–Trinajstić information content (AvgIpc) is 2.96. The molecule has 2 aromatic rings. The number of rotatable bonds is 5. The molecule has 1 aromatic heterocycles. The van der Waals surface area contributed by atoms with Gasteiger partial charge in [-0.3, -0.25) is 24.1 Å². The Hall–Kier alpha value is -3.10. The topological polar surface area (TPSA) is 111 Å². The van der Waals surface area contributed by atoms with Gasteiger partial charge in [-0.05, 0) is 25.0 Å². The molecule has 0 spiro atoms. The first-order valence-corrected chi connectivity index (χ1v) is 9.39. The van der Waals surface area contributed by atoms with Crippen LogP contribution in [-0.2, 0) is 25.9 Å². The van der Waals surface area contributed by atoms with Crippen molar-refractivity contribution in [2.75, 3.05) is 6.54 Å². The van der Waals surface area contributed by atoms with Crippen molar-refractivity contribution in [3.8, 4) is 0 Å². The Balaban J connectivity index is 1.34. The Morgan fingerprint density at radius 3 is 2.46 bits per heavy atom. The molecule has 4 rings (SSSR count). The lowest BCUT2D eigenvalue weighted by atomic mass is 9.81. The number of hydrogen-bond acceptors (Lipinski definition) is 7. The van der Waals surface area contributed by atoms with Crippen LogP contribution < -0.4 is 5.56 Å². The van der Waals surface area contributed by atoms with E-state index in [1.54, 1.807) is 24.3 Å². The molecule has 1 aromatic carbocycles. The number of ether oxygens (including phenoxy) is 1. The largest absolute Gasteiger partial charge is 0.442 e. The van der Waals surface area contributed by atoms with Gasteiger partial charge in [0.25, 0.3) is 5.56 Å². The number of carbonyl (C=O) groups excluding carboxylic acids is 3. The van der Waals surface area contributed by atoms with Crippen molar-refractivity contribution in [1.82, 2.24) is 19.9 Å². The first kappa shape index (κ1) is 18.3. The molecule has 28 heavy (non-hydrogen) atoms. The maximum absolute atomic E-state index is 12.4. The van der Waals surface area contributed by atoms with Crippen LogP contribution in [0.5, 0.6) is 0 Å². The quantitative estimate of drug-likeness (QED) is 0.555. The lowest BCUT2D eigenvalue weighted by Crippen LogP contribution is -2.33. The van der Waals surface area contributed by atoms with E-state index in [2.05, 4.69) is 10.3 Å². The second-order valence-corrected chi connectivity index (χ2v) is 7.13. The minimum absolute atomic E-state index is 0.00178. The van der Waals surface area contributed by atoms with E-state index in [9.17, 15) is 19.2 Å². The van der Waals surface area contributed by atoms with Crippen LogP contribution in [0.25, 0.3) is 10.9 Å². The molecule has 2 aliphatic rings. The minimum atomic E-state index is -0.614. The number of amides is 2. The number of hydrogen-bond donors (Lipinski definition) is 0. The van der Waals surface area contributed by atoms with Crippen LogP contribution >= 0.6 is 0 Å². The summed E-state index contributed by atoms with van der Waals surface area (Å²) < 4.78 is 6.04. The Bertz CT molecular complexity index is 977. The Morgan fingerprint density at radius 1 is 1.07 bits per heavy atom. The third kappa shape index (κ3) is 3.28. The van der Waals surface area contributed by atoms with Crippen LogP contribution in [0.1, 0.15) is 32.1 Å². The van der Waals surface area contributed by atoms with E-state index in [0.29, 0.717) is 10.9 Å². The molecule has 2 atom stereocenters. The van der Waals surface area contributed by atoms with Crippen LogP contribution in [0.4, 0.5) is 0 Å². The molecule has 146 valence electrons. The monoisotopic (exact) mass is 384 g/mol. The Kier molecular flexibility index (Phi) is 4.89. The van der Waals surface area contributed by atoms with Gasteiger partial charge in [0.1, 0.15) is 5.52 Å². The maximum Gasteiger partial charge on any atom is 0.309 e. The summed E-state index contributed by atoms with van der Waals surface area (Å²) in [5.41, 5.74) is 0.0509. The SMILES string of the molecule is O=C(CCN1C(=O)[C@@H]2CCCC[C@H]2C1=O)OCn1nnc2ccccc2c1=O. The van der Waals surface area contributed by atoms with Gasteiger partial charge in [-0.2, -0.15) is 4.68 Å². The van der Waals surface area contributed by atoms with Gasteiger partial charge in [0.15, 0.2) is 6.73 Å². The summed E-state index contributed by atoms with van der Waals surface area (Å²) in [4.78, 5) is 50.3. The second kappa shape index (κ2) is 7.49. The molecule has 1 aliphatic heterocycles. The summed E-state index contributed by atoms with van der Waals surface area (Å²) in [6.45, 7) is -0.371. The molecule has 0 bridgehead atoms. The van der Waals surface area contributed by atoms with Crippen molar-refractivity contribution in [3.63, 3.8) is 0 Å². The number of fused-ring (bicyclic) bond motifs is 2. The van der Waals surface area contributed by atoms with E-state index in [-0.39, 0.29) is 43.3 Å². The molecule has 0 radical (unpaired) electrons. The van der Waals surface area contributed by atoms with Crippen LogP contribution in [0.15, 0.2) is 29.1 Å². The van der Waals surface area contributed by atoms with Crippen LogP contribution in [0, 0.1) is 11.8 Å². The van der Waals surface area contributed by atoms with E-state index in [4.69, 9.17) is 4.74 Å². The van der Waals surface area contributed by atoms with E-state index in [1.165, 1.54) is 4.90 Å². The van der Waals surface area contributed by atoms with Crippen molar-refractivity contribution in [1.29, 1.82) is 0 Å². The van der Waals surface area contributed by atoms with Crippen molar-refractivity contribution in [2.24, 2.45) is 11.8 Å². The molecular weight excluding hydrogens is 364 g/mol. The number of aromatic nitrogens is 3. The summed E-state index contributed by atoms with van der Waals surface area (Å²) in [5, 5.41) is 8.04. The predicted octanol–water partition coefficient (Wildman–Crippen LogP) is 0.857. The number of imide groups is 1. The number of benzene rings is 1. The van der Waals surface area contributed by atoms with Crippen LogP contribution in [0.2, 0.25) is 0 Å². The van der Waals surface area contributed by atoms with Gasteiger partial charge in [-0.15, -0.1) is 5.10 Å². The standard InChI is InChI=1S/C19H20N4O5/c24-16(9-10-22-17(25)12-5-1-2-6-13(12)18(22)26)28-11-23-19(27)14-7-3-4-8-15(14)20-21-23/h3-4,7-8,12-13H,1-2,5-6,9-11H2/t12-,13-/m1/s1. The summed E-state index contributed by atoms with van der Waals surface area (Å²) in [6.07, 6.45) is 3.27. The van der Waals surface area contributed by atoms with Gasteiger partial charge in [-0.25, -0.2) is 0 Å². The highest BCUT2D eigenvalue weighted by atomic mass is 16.5. The molecule has 9 nitrogen and oxygen atoms in total. The Labute approximate surface area is 160 Å². The van der Waals surface area contributed by atoms with Crippen molar-refractivity contribution >= 4 is 28.7 Å². The molecule has 0 unspecified atom stereocenters. The number of carbonyl (C=O) groups is 3. The first-order chi connectivity index (χ1) is 13.6. The normalized spacial score (nSPS) is 21.8. The van der Waals surface area contributed by atoms with Gasteiger partial charge in [0.05, 0.1) is 23.6 Å². The minimum Gasteiger partial charge on any atom is -0.442 e.